The summed E-state index contributed by atoms with van der Waals surface area (Å²) >= 11 is 0. The largest absolute Gasteiger partial charge is 0.471 e. The molecule has 2 rings (SSSR count). The summed E-state index contributed by atoms with van der Waals surface area (Å²) in [5, 5.41) is 1.58. The molecule has 0 saturated heterocycles. The fraction of sp³-hybridized carbons (Fsp3) is 0.176. The van der Waals surface area contributed by atoms with Gasteiger partial charge in [-0.15, -0.1) is 0 Å². The van der Waals surface area contributed by atoms with Crippen molar-refractivity contribution in [1.82, 2.24) is 4.72 Å². The summed E-state index contributed by atoms with van der Waals surface area (Å²) in [6.45, 7) is 0. The average Bonchev–Trinajstić information content (AvgIpc) is 2.61. The molecule has 0 aromatic heterocycles. The molecule has 2 aromatic carbocycles. The molecule has 0 aliphatic rings. The number of amides is 2. The van der Waals surface area contributed by atoms with Crippen LogP contribution in [-0.2, 0) is 26.0 Å². The Hall–Kier alpha value is -2.92. The molecule has 0 saturated carbocycles. The molecule has 0 spiro atoms. The van der Waals surface area contributed by atoms with E-state index in [0.29, 0.717) is 0 Å². The predicted octanol–water partition coefficient (Wildman–Crippen LogP) is 1.56. The molecule has 7 nitrogen and oxygen atoms in total. The summed E-state index contributed by atoms with van der Waals surface area (Å²) in [6, 6.07) is 11.4. The molecule has 0 heterocycles. The topological polar surface area (TPSA) is 118 Å². The van der Waals surface area contributed by atoms with Gasteiger partial charge >= 0.3 is 12.1 Å². The van der Waals surface area contributed by atoms with Crippen molar-refractivity contribution in [3.05, 3.63) is 60.2 Å². The summed E-state index contributed by atoms with van der Waals surface area (Å²) in [7, 11) is -4.28. The molecule has 4 N–H and O–H groups in total. The Labute approximate surface area is 158 Å². The van der Waals surface area contributed by atoms with Crippen molar-refractivity contribution in [3.8, 4) is 0 Å². The third-order valence-corrected chi connectivity index (χ3v) is 4.91. The lowest BCUT2D eigenvalue weighted by Crippen LogP contribution is -2.44. The number of hydrogen-bond donors (Lipinski definition) is 3. The van der Waals surface area contributed by atoms with Crippen LogP contribution in [0.5, 0.6) is 0 Å². The number of nitrogens with two attached hydrogens (primary N) is 1. The number of halogens is 3. The fourth-order valence-electron chi connectivity index (χ4n) is 2.15. The Bertz CT molecular complexity index is 946. The Morgan fingerprint density at radius 3 is 2.11 bits per heavy atom. The number of anilines is 1. The Morgan fingerprint density at radius 1 is 1.00 bits per heavy atom. The van der Waals surface area contributed by atoms with E-state index >= 15 is 0 Å². The number of hydrogen-bond acceptors (Lipinski definition) is 5. The first-order chi connectivity index (χ1) is 13.0. The minimum absolute atomic E-state index is 0.116. The highest BCUT2D eigenvalue weighted by Crippen LogP contribution is 2.19. The Morgan fingerprint density at radius 2 is 1.57 bits per heavy atom. The molecule has 0 fully saturated rings. The van der Waals surface area contributed by atoms with E-state index in [-0.39, 0.29) is 17.0 Å². The molecule has 28 heavy (non-hydrogen) atoms. The second-order valence-corrected chi connectivity index (χ2v) is 7.42. The van der Waals surface area contributed by atoms with Gasteiger partial charge in [-0.1, -0.05) is 30.3 Å². The molecule has 150 valence electrons. The van der Waals surface area contributed by atoms with Gasteiger partial charge in [-0.3, -0.25) is 9.59 Å². The quantitative estimate of drug-likeness (QED) is 0.662. The van der Waals surface area contributed by atoms with Gasteiger partial charge in [0.15, 0.2) is 0 Å². The molecule has 2 amide bonds. The number of carbonyl (C=O) groups excluding carboxylic acids is 2. The van der Waals surface area contributed by atoms with Crippen molar-refractivity contribution in [1.29, 1.82) is 0 Å². The Kier molecular flexibility index (Phi) is 6.41. The Balaban J connectivity index is 2.03. The maximum absolute atomic E-state index is 12.2. The lowest BCUT2D eigenvalue weighted by atomic mass is 10.1. The highest BCUT2D eigenvalue weighted by atomic mass is 32.2. The molecule has 1 atom stereocenters. The summed E-state index contributed by atoms with van der Waals surface area (Å²) in [4.78, 5) is 22.5. The van der Waals surface area contributed by atoms with Crippen molar-refractivity contribution in [2.45, 2.75) is 23.5 Å². The van der Waals surface area contributed by atoms with Gasteiger partial charge < -0.3 is 11.1 Å². The van der Waals surface area contributed by atoms with Crippen molar-refractivity contribution in [2.24, 2.45) is 5.73 Å². The van der Waals surface area contributed by atoms with Gasteiger partial charge in [0.2, 0.25) is 0 Å². The van der Waals surface area contributed by atoms with Gasteiger partial charge in [0.05, 0.1) is 10.9 Å². The van der Waals surface area contributed by atoms with Crippen molar-refractivity contribution in [3.63, 3.8) is 0 Å². The van der Waals surface area contributed by atoms with Gasteiger partial charge in [0.1, 0.15) is 0 Å². The van der Waals surface area contributed by atoms with Gasteiger partial charge in [-0.25, -0.2) is 13.1 Å². The molecule has 11 heteroatoms. The van der Waals surface area contributed by atoms with E-state index in [9.17, 15) is 31.2 Å². The molecule has 0 bridgehead atoms. The first-order valence-electron chi connectivity index (χ1n) is 7.83. The third-order valence-electron chi connectivity index (χ3n) is 3.55. The van der Waals surface area contributed by atoms with E-state index in [4.69, 9.17) is 5.73 Å². The molecular formula is C17H16F3N3O4S. The van der Waals surface area contributed by atoms with E-state index in [0.717, 1.165) is 29.8 Å². The summed E-state index contributed by atoms with van der Waals surface area (Å²) in [5.41, 5.74) is 6.21. The smallest absolute Gasteiger partial charge is 0.320 e. The van der Waals surface area contributed by atoms with Crippen LogP contribution in [0.1, 0.15) is 5.56 Å². The van der Waals surface area contributed by atoms with Crippen molar-refractivity contribution < 1.29 is 31.2 Å². The summed E-state index contributed by atoms with van der Waals surface area (Å²) in [5.74, 6) is -3.12. The van der Waals surface area contributed by atoms with E-state index in [1.807, 2.05) is 4.72 Å². The number of rotatable bonds is 6. The van der Waals surface area contributed by atoms with Crippen LogP contribution >= 0.6 is 0 Å². The van der Waals surface area contributed by atoms with E-state index in [1.165, 1.54) is 0 Å². The predicted molar refractivity (Wildman–Crippen MR) is 94.6 cm³/mol. The van der Waals surface area contributed by atoms with Crippen LogP contribution in [0.4, 0.5) is 18.9 Å². The van der Waals surface area contributed by atoms with Gasteiger partial charge in [-0.05, 0) is 36.2 Å². The molecule has 0 radical (unpaired) electrons. The molecule has 0 unspecified atom stereocenters. The number of alkyl halides is 3. The first-order valence-corrected chi connectivity index (χ1v) is 9.32. The third kappa shape index (κ3) is 5.79. The number of carbonyl (C=O) groups is 2. The van der Waals surface area contributed by atoms with E-state index < -0.39 is 34.1 Å². The van der Waals surface area contributed by atoms with Crippen LogP contribution in [0.15, 0.2) is 59.5 Å². The molecule has 0 aliphatic heterocycles. The monoisotopic (exact) mass is 415 g/mol. The maximum Gasteiger partial charge on any atom is 0.471 e. The van der Waals surface area contributed by atoms with Crippen LogP contribution in [0.25, 0.3) is 0 Å². The highest BCUT2D eigenvalue weighted by Gasteiger charge is 2.38. The average molecular weight is 415 g/mol. The van der Waals surface area contributed by atoms with Crippen LogP contribution in [-0.4, -0.2) is 32.5 Å². The van der Waals surface area contributed by atoms with Crippen LogP contribution in [0.3, 0.4) is 0 Å². The van der Waals surface area contributed by atoms with Gasteiger partial charge in [-0.2, -0.15) is 13.2 Å². The highest BCUT2D eigenvalue weighted by molar-refractivity contribution is 7.90. The van der Waals surface area contributed by atoms with Crippen molar-refractivity contribution in [2.75, 3.05) is 5.32 Å². The van der Waals surface area contributed by atoms with Gasteiger partial charge in [0.25, 0.3) is 15.9 Å². The molecular weight excluding hydrogens is 399 g/mol. The first kappa shape index (κ1) is 21.4. The van der Waals surface area contributed by atoms with Crippen LogP contribution in [0, 0.1) is 0 Å². The summed E-state index contributed by atoms with van der Waals surface area (Å²) < 4.78 is 62.9. The number of sulfonamides is 1. The van der Waals surface area contributed by atoms with Crippen LogP contribution in [0.2, 0.25) is 0 Å². The SMILES string of the molecule is N[C@@H](Cc1ccccc1)C(=O)NS(=O)(=O)c1ccc(NC(=O)C(F)(F)F)cc1. The standard InChI is InChI=1S/C17H16F3N3O4S/c18-17(19,20)16(25)22-12-6-8-13(9-7-12)28(26,27)23-15(24)14(21)10-11-4-2-1-3-5-11/h1-9,14H,10,21H2,(H,22,25)(H,23,24)/t14-/m0/s1. The number of benzene rings is 2. The molecule has 0 aliphatic carbocycles. The minimum atomic E-state index is -5.08. The van der Waals surface area contributed by atoms with E-state index in [2.05, 4.69) is 0 Å². The van der Waals surface area contributed by atoms with Gasteiger partial charge in [0, 0.05) is 5.69 Å². The second-order valence-electron chi connectivity index (χ2n) is 5.74. The van der Waals surface area contributed by atoms with Crippen LogP contribution < -0.4 is 15.8 Å². The molecule has 2 aromatic rings. The fourth-order valence-corrected chi connectivity index (χ4v) is 3.18. The lowest BCUT2D eigenvalue weighted by Gasteiger charge is -2.13. The second kappa shape index (κ2) is 8.40. The number of nitrogens with one attached hydrogen (secondary N) is 2. The lowest BCUT2D eigenvalue weighted by molar-refractivity contribution is -0.167. The zero-order chi connectivity index (χ0) is 20.9. The van der Waals surface area contributed by atoms with Crippen molar-refractivity contribution >= 4 is 27.5 Å². The van der Waals surface area contributed by atoms with E-state index in [1.54, 1.807) is 35.6 Å². The minimum Gasteiger partial charge on any atom is -0.320 e. The maximum atomic E-state index is 12.2. The zero-order valence-electron chi connectivity index (χ0n) is 14.2. The zero-order valence-corrected chi connectivity index (χ0v) is 15.0. The summed E-state index contributed by atoms with van der Waals surface area (Å²) in [6.07, 6.45) is -4.96. The normalized spacial score (nSPS) is 12.9.